The lowest BCUT2D eigenvalue weighted by molar-refractivity contribution is -0.144. The van der Waals surface area contributed by atoms with Crippen molar-refractivity contribution >= 4 is 17.6 Å². The van der Waals surface area contributed by atoms with Gasteiger partial charge in [-0.3, -0.25) is 0 Å². The van der Waals surface area contributed by atoms with Crippen molar-refractivity contribution in [2.75, 3.05) is 6.61 Å². The molecule has 0 N–H and O–H groups in total. The first-order valence-corrected chi connectivity index (χ1v) is 5.91. The molecule has 1 aromatic carbocycles. The van der Waals surface area contributed by atoms with E-state index in [-0.39, 0.29) is 17.2 Å². The zero-order chi connectivity index (χ0) is 14.2. The molecule has 3 nitrogen and oxygen atoms in total. The van der Waals surface area contributed by atoms with Crippen molar-refractivity contribution in [2.45, 2.75) is 25.3 Å². The molecular weight excluding hydrogens is 285 g/mol. The Kier molecular flexibility index (Phi) is 3.73. The third-order valence-corrected chi connectivity index (χ3v) is 2.96. The molecule has 0 aromatic heterocycles. The average Bonchev–Trinajstić information content (AvgIpc) is 3.08. The molecule has 7 heteroatoms. The molecule has 1 fully saturated rings. The minimum Gasteiger partial charge on any atom is -0.464 e. The zero-order valence-electron chi connectivity index (χ0n) is 9.83. The monoisotopic (exact) mass is 294 g/mol. The van der Waals surface area contributed by atoms with Gasteiger partial charge in [0.2, 0.25) is 0 Å². The van der Waals surface area contributed by atoms with Gasteiger partial charge in [0.05, 0.1) is 17.2 Å². The van der Waals surface area contributed by atoms with Crippen LogP contribution in [0.4, 0.5) is 13.2 Å². The summed E-state index contributed by atoms with van der Waals surface area (Å²) in [5.41, 5.74) is -0.681. The highest BCUT2D eigenvalue weighted by atomic mass is 35.5. The number of esters is 1. The summed E-state index contributed by atoms with van der Waals surface area (Å²) < 4.78 is 47.8. The molecule has 0 radical (unpaired) electrons. The van der Waals surface area contributed by atoms with Gasteiger partial charge in [0, 0.05) is 0 Å². The fourth-order valence-electron chi connectivity index (χ4n) is 1.71. The van der Waals surface area contributed by atoms with E-state index >= 15 is 0 Å². The standard InChI is InChI=1S/C12H10ClF3O3/c1-2-18-11(17)10-9(19-10)6-3-4-8(13)7(5-6)12(14,15)16/h3-5,9-10H,2H2,1H3. The van der Waals surface area contributed by atoms with E-state index in [1.807, 2.05) is 0 Å². The maximum absolute atomic E-state index is 12.7. The Balaban J connectivity index is 2.18. The van der Waals surface area contributed by atoms with Crippen LogP contribution in [-0.2, 0) is 20.4 Å². The van der Waals surface area contributed by atoms with E-state index in [0.29, 0.717) is 0 Å². The van der Waals surface area contributed by atoms with E-state index in [1.54, 1.807) is 6.92 Å². The van der Waals surface area contributed by atoms with Crippen molar-refractivity contribution in [2.24, 2.45) is 0 Å². The van der Waals surface area contributed by atoms with E-state index in [9.17, 15) is 18.0 Å². The van der Waals surface area contributed by atoms with Crippen LogP contribution in [0.25, 0.3) is 0 Å². The number of carbonyl (C=O) groups excluding carboxylic acids is 1. The number of epoxide rings is 1. The number of halogens is 4. The van der Waals surface area contributed by atoms with Gasteiger partial charge in [0.25, 0.3) is 0 Å². The second kappa shape index (κ2) is 5.02. The van der Waals surface area contributed by atoms with Gasteiger partial charge in [0.1, 0.15) is 6.10 Å². The molecule has 0 saturated carbocycles. The zero-order valence-corrected chi connectivity index (χ0v) is 10.6. The van der Waals surface area contributed by atoms with E-state index < -0.39 is 29.9 Å². The highest BCUT2D eigenvalue weighted by Crippen LogP contribution is 2.43. The van der Waals surface area contributed by atoms with Crippen LogP contribution in [0.2, 0.25) is 5.02 Å². The minimum absolute atomic E-state index is 0.194. The van der Waals surface area contributed by atoms with Crippen molar-refractivity contribution < 1.29 is 27.4 Å². The molecule has 0 spiro atoms. The Morgan fingerprint density at radius 1 is 1.47 bits per heavy atom. The molecule has 1 aliphatic heterocycles. The minimum atomic E-state index is -4.54. The van der Waals surface area contributed by atoms with Crippen LogP contribution in [0.1, 0.15) is 24.2 Å². The van der Waals surface area contributed by atoms with Crippen molar-refractivity contribution in [1.29, 1.82) is 0 Å². The number of hydrogen-bond acceptors (Lipinski definition) is 3. The number of ether oxygens (including phenoxy) is 2. The molecule has 0 aliphatic carbocycles. The molecule has 2 unspecified atom stereocenters. The lowest BCUT2D eigenvalue weighted by atomic mass is 10.1. The Bertz CT molecular complexity index is 501. The number of hydrogen-bond donors (Lipinski definition) is 0. The van der Waals surface area contributed by atoms with Crippen LogP contribution >= 0.6 is 11.6 Å². The first-order chi connectivity index (χ1) is 8.84. The van der Waals surface area contributed by atoms with E-state index in [0.717, 1.165) is 12.1 Å². The second-order valence-corrected chi connectivity index (χ2v) is 4.37. The van der Waals surface area contributed by atoms with Gasteiger partial charge in [-0.2, -0.15) is 13.2 Å². The Morgan fingerprint density at radius 3 is 2.74 bits per heavy atom. The third kappa shape index (κ3) is 3.01. The lowest BCUT2D eigenvalue weighted by Crippen LogP contribution is -2.12. The van der Waals surface area contributed by atoms with Crippen molar-refractivity contribution in [1.82, 2.24) is 0 Å². The molecule has 2 atom stereocenters. The summed E-state index contributed by atoms with van der Waals surface area (Å²) >= 11 is 5.50. The Hall–Kier alpha value is -1.27. The summed E-state index contributed by atoms with van der Waals surface area (Å²) in [5, 5.41) is -0.385. The van der Waals surface area contributed by atoms with E-state index in [2.05, 4.69) is 0 Å². The summed E-state index contributed by atoms with van der Waals surface area (Å²) in [6.45, 7) is 1.83. The van der Waals surface area contributed by atoms with Gasteiger partial charge in [-0.05, 0) is 24.6 Å². The molecule has 1 heterocycles. The molecule has 104 valence electrons. The molecule has 1 saturated heterocycles. The summed E-state index contributed by atoms with van der Waals surface area (Å²) in [4.78, 5) is 11.3. The molecule has 19 heavy (non-hydrogen) atoms. The van der Waals surface area contributed by atoms with Crippen molar-refractivity contribution in [3.05, 3.63) is 34.3 Å². The van der Waals surface area contributed by atoms with Crippen LogP contribution < -0.4 is 0 Å². The van der Waals surface area contributed by atoms with Crippen molar-refractivity contribution in [3.63, 3.8) is 0 Å². The van der Waals surface area contributed by atoms with Gasteiger partial charge in [0.15, 0.2) is 6.10 Å². The van der Waals surface area contributed by atoms with Gasteiger partial charge in [-0.15, -0.1) is 0 Å². The molecule has 0 bridgehead atoms. The fourth-order valence-corrected chi connectivity index (χ4v) is 1.93. The maximum atomic E-state index is 12.7. The average molecular weight is 295 g/mol. The maximum Gasteiger partial charge on any atom is 0.417 e. The summed E-state index contributed by atoms with van der Waals surface area (Å²) in [6, 6.07) is 3.44. The summed E-state index contributed by atoms with van der Waals surface area (Å²) in [7, 11) is 0. The van der Waals surface area contributed by atoms with Crippen LogP contribution in [0.3, 0.4) is 0 Å². The van der Waals surface area contributed by atoms with Crippen LogP contribution in [0.15, 0.2) is 18.2 Å². The second-order valence-electron chi connectivity index (χ2n) is 3.97. The highest BCUT2D eigenvalue weighted by Gasteiger charge is 2.48. The van der Waals surface area contributed by atoms with Gasteiger partial charge < -0.3 is 9.47 Å². The Morgan fingerprint density at radius 2 is 2.16 bits per heavy atom. The quantitative estimate of drug-likeness (QED) is 0.634. The summed E-state index contributed by atoms with van der Waals surface area (Å²) in [5.74, 6) is -0.573. The van der Waals surface area contributed by atoms with E-state index in [1.165, 1.54) is 6.07 Å². The Labute approximate surface area is 112 Å². The van der Waals surface area contributed by atoms with Crippen LogP contribution in [0, 0.1) is 0 Å². The highest BCUT2D eigenvalue weighted by molar-refractivity contribution is 6.31. The van der Waals surface area contributed by atoms with Crippen LogP contribution in [0.5, 0.6) is 0 Å². The first kappa shape index (κ1) is 14.1. The molecular formula is C12H10ClF3O3. The molecule has 1 aliphatic rings. The van der Waals surface area contributed by atoms with Gasteiger partial charge >= 0.3 is 12.1 Å². The molecule has 1 aromatic rings. The predicted octanol–water partition coefficient (Wildman–Crippen LogP) is 3.36. The topological polar surface area (TPSA) is 38.8 Å². The largest absolute Gasteiger partial charge is 0.464 e. The normalized spacial score (nSPS) is 22.2. The first-order valence-electron chi connectivity index (χ1n) is 5.53. The summed E-state index contributed by atoms with van der Waals surface area (Å²) in [6.07, 6.45) is -6.07. The van der Waals surface area contributed by atoms with Gasteiger partial charge in [-0.1, -0.05) is 17.7 Å². The number of carbonyl (C=O) groups is 1. The SMILES string of the molecule is CCOC(=O)C1OC1c1ccc(Cl)c(C(F)(F)F)c1. The van der Waals surface area contributed by atoms with Gasteiger partial charge in [-0.25, -0.2) is 4.79 Å². The predicted molar refractivity (Wildman–Crippen MR) is 60.7 cm³/mol. The molecule has 0 amide bonds. The van der Waals surface area contributed by atoms with E-state index in [4.69, 9.17) is 21.1 Å². The third-order valence-electron chi connectivity index (χ3n) is 2.63. The number of alkyl halides is 3. The van der Waals surface area contributed by atoms with Crippen molar-refractivity contribution in [3.8, 4) is 0 Å². The number of benzene rings is 1. The fraction of sp³-hybridized carbons (Fsp3) is 0.417. The number of rotatable bonds is 3. The molecule has 2 rings (SSSR count). The lowest BCUT2D eigenvalue weighted by Gasteiger charge is -2.09. The van der Waals surface area contributed by atoms with Crippen LogP contribution in [-0.4, -0.2) is 18.7 Å². The smallest absolute Gasteiger partial charge is 0.417 e.